The normalized spacial score (nSPS) is 23.0. The van der Waals surface area contributed by atoms with Crippen LogP contribution in [0.3, 0.4) is 0 Å². The maximum atomic E-state index is 11.2. The number of β-amino-alcohol motifs (C(OH)–C–C–N with tert-alkyl or cyclic N) is 1. The number of aliphatic hydroxyl groups excluding tert-OH is 1. The summed E-state index contributed by atoms with van der Waals surface area (Å²) >= 11 is 0. The van der Waals surface area contributed by atoms with Crippen molar-refractivity contribution in [3.05, 3.63) is 29.8 Å². The molecule has 6 heteroatoms. The van der Waals surface area contributed by atoms with E-state index in [-0.39, 0.29) is 37.0 Å². The number of hydrogen-bond acceptors (Lipinski definition) is 5. The molecular weight excluding hydrogens is 318 g/mol. The molecule has 1 aliphatic heterocycles. The van der Waals surface area contributed by atoms with E-state index in [1.807, 2.05) is 13.8 Å². The number of benzene rings is 1. The van der Waals surface area contributed by atoms with Gasteiger partial charge in [0.15, 0.2) is 5.78 Å². The highest BCUT2D eigenvalue weighted by Crippen LogP contribution is 2.14. The van der Waals surface area contributed by atoms with E-state index >= 15 is 0 Å². The molecule has 5 nitrogen and oxygen atoms in total. The van der Waals surface area contributed by atoms with Crippen molar-refractivity contribution in [2.24, 2.45) is 0 Å². The van der Waals surface area contributed by atoms with Gasteiger partial charge >= 0.3 is 0 Å². The van der Waals surface area contributed by atoms with Crippen LogP contribution in [0.25, 0.3) is 0 Å². The highest BCUT2D eigenvalue weighted by atomic mass is 35.5. The SMILES string of the molecule is CC(=O)c1ccc(OCC(O)CN2CC(C)OC(C)C2)cc1.Cl. The lowest BCUT2D eigenvalue weighted by Gasteiger charge is -2.36. The molecule has 1 saturated heterocycles. The fourth-order valence-corrected chi connectivity index (χ4v) is 2.76. The minimum Gasteiger partial charge on any atom is -0.491 e. The zero-order valence-corrected chi connectivity index (χ0v) is 14.7. The number of carbonyl (C=O) groups excluding carboxylic acids is 1. The van der Waals surface area contributed by atoms with Gasteiger partial charge in [0.2, 0.25) is 0 Å². The van der Waals surface area contributed by atoms with E-state index in [1.54, 1.807) is 24.3 Å². The molecule has 1 aromatic carbocycles. The monoisotopic (exact) mass is 343 g/mol. The molecule has 1 aliphatic rings. The minimum atomic E-state index is -0.551. The number of Topliss-reactive ketones (excluding diaryl/α,β-unsaturated/α-hetero) is 1. The van der Waals surface area contributed by atoms with Crippen molar-refractivity contribution in [3.8, 4) is 5.75 Å². The third-order valence-electron chi connectivity index (χ3n) is 3.67. The van der Waals surface area contributed by atoms with Crippen molar-refractivity contribution in [1.29, 1.82) is 0 Å². The van der Waals surface area contributed by atoms with Crippen LogP contribution < -0.4 is 4.74 Å². The fourth-order valence-electron chi connectivity index (χ4n) is 2.76. The molecule has 1 aromatic rings. The maximum absolute atomic E-state index is 11.2. The smallest absolute Gasteiger partial charge is 0.159 e. The van der Waals surface area contributed by atoms with E-state index in [9.17, 15) is 9.90 Å². The van der Waals surface area contributed by atoms with Gasteiger partial charge in [-0.25, -0.2) is 0 Å². The zero-order chi connectivity index (χ0) is 16.1. The standard InChI is InChI=1S/C17H25NO4.ClH/c1-12-8-18(9-13(2)22-12)10-16(20)11-21-17-6-4-15(5-7-17)14(3)19;/h4-7,12-13,16,20H,8-11H2,1-3H3;1H. The molecule has 0 amide bonds. The molecule has 0 aliphatic carbocycles. The largest absolute Gasteiger partial charge is 0.491 e. The number of ketones is 1. The van der Waals surface area contributed by atoms with Crippen LogP contribution in [0.5, 0.6) is 5.75 Å². The maximum Gasteiger partial charge on any atom is 0.159 e. The second kappa shape index (κ2) is 9.23. The van der Waals surface area contributed by atoms with Crippen LogP contribution >= 0.6 is 12.4 Å². The lowest BCUT2D eigenvalue weighted by Crippen LogP contribution is -2.48. The molecule has 3 unspecified atom stereocenters. The zero-order valence-electron chi connectivity index (χ0n) is 13.9. The van der Waals surface area contributed by atoms with Gasteiger partial charge in [-0.3, -0.25) is 9.69 Å². The van der Waals surface area contributed by atoms with E-state index in [1.165, 1.54) is 6.92 Å². The molecule has 0 aromatic heterocycles. The van der Waals surface area contributed by atoms with Gasteiger partial charge in [0.05, 0.1) is 12.2 Å². The van der Waals surface area contributed by atoms with Gasteiger partial charge in [0.1, 0.15) is 18.5 Å². The first-order valence-corrected chi connectivity index (χ1v) is 7.73. The van der Waals surface area contributed by atoms with Crippen LogP contribution in [-0.2, 0) is 4.74 Å². The summed E-state index contributed by atoms with van der Waals surface area (Å²) in [6.07, 6.45) is -0.169. The molecule has 1 N–H and O–H groups in total. The Morgan fingerprint density at radius 3 is 2.39 bits per heavy atom. The van der Waals surface area contributed by atoms with Gasteiger partial charge in [0, 0.05) is 25.2 Å². The van der Waals surface area contributed by atoms with Gasteiger partial charge < -0.3 is 14.6 Å². The first-order valence-electron chi connectivity index (χ1n) is 7.73. The fraction of sp³-hybridized carbons (Fsp3) is 0.588. The molecule has 1 heterocycles. The molecule has 1 fully saturated rings. The van der Waals surface area contributed by atoms with Crippen LogP contribution in [0, 0.1) is 0 Å². The van der Waals surface area contributed by atoms with Gasteiger partial charge in [0.25, 0.3) is 0 Å². The van der Waals surface area contributed by atoms with E-state index in [2.05, 4.69) is 4.90 Å². The number of ether oxygens (including phenoxy) is 2. The van der Waals surface area contributed by atoms with Crippen molar-refractivity contribution >= 4 is 18.2 Å². The Kier molecular flexibility index (Phi) is 7.99. The number of aliphatic hydroxyl groups is 1. The predicted molar refractivity (Wildman–Crippen MR) is 91.6 cm³/mol. The first-order chi connectivity index (χ1) is 10.4. The summed E-state index contributed by atoms with van der Waals surface area (Å²) in [4.78, 5) is 13.4. The number of rotatable bonds is 6. The second-order valence-electron chi connectivity index (χ2n) is 6.02. The molecular formula is C17H26ClNO4. The third-order valence-corrected chi connectivity index (χ3v) is 3.67. The average Bonchev–Trinajstić information content (AvgIpc) is 2.44. The van der Waals surface area contributed by atoms with Crippen molar-refractivity contribution in [2.45, 2.75) is 39.1 Å². The molecule has 2 rings (SSSR count). The van der Waals surface area contributed by atoms with Gasteiger partial charge in [-0.05, 0) is 45.0 Å². The van der Waals surface area contributed by atoms with Crippen LogP contribution in [0.2, 0.25) is 0 Å². The topological polar surface area (TPSA) is 59.0 Å². The third kappa shape index (κ3) is 6.47. The van der Waals surface area contributed by atoms with E-state index in [0.717, 1.165) is 13.1 Å². The van der Waals surface area contributed by atoms with Crippen LogP contribution in [-0.4, -0.2) is 60.3 Å². The quantitative estimate of drug-likeness (QED) is 0.802. The lowest BCUT2D eigenvalue weighted by atomic mass is 10.1. The predicted octanol–water partition coefficient (Wildman–Crippen LogP) is 2.16. The Morgan fingerprint density at radius 1 is 1.30 bits per heavy atom. The van der Waals surface area contributed by atoms with E-state index < -0.39 is 6.10 Å². The van der Waals surface area contributed by atoms with Crippen molar-refractivity contribution in [2.75, 3.05) is 26.2 Å². The molecule has 130 valence electrons. The average molecular weight is 344 g/mol. The second-order valence-corrected chi connectivity index (χ2v) is 6.02. The van der Waals surface area contributed by atoms with Gasteiger partial charge in [-0.15, -0.1) is 12.4 Å². The van der Waals surface area contributed by atoms with Crippen molar-refractivity contribution < 1.29 is 19.4 Å². The summed E-state index contributed by atoms with van der Waals surface area (Å²) in [6, 6.07) is 6.97. The molecule has 0 saturated carbocycles. The summed E-state index contributed by atoms with van der Waals surface area (Å²) < 4.78 is 11.3. The molecule has 3 atom stereocenters. The summed E-state index contributed by atoms with van der Waals surface area (Å²) in [7, 11) is 0. The minimum absolute atomic E-state index is 0. The summed E-state index contributed by atoms with van der Waals surface area (Å²) in [5.74, 6) is 0.690. The van der Waals surface area contributed by atoms with Crippen molar-refractivity contribution in [1.82, 2.24) is 4.90 Å². The van der Waals surface area contributed by atoms with E-state index in [0.29, 0.717) is 17.9 Å². The molecule has 0 spiro atoms. The number of nitrogens with zero attached hydrogens (tertiary/aromatic N) is 1. The Bertz CT molecular complexity index is 484. The first kappa shape index (κ1) is 19.9. The Morgan fingerprint density at radius 2 is 1.87 bits per heavy atom. The molecule has 0 radical (unpaired) electrons. The Labute approximate surface area is 144 Å². The number of hydrogen-bond donors (Lipinski definition) is 1. The number of carbonyl (C=O) groups is 1. The van der Waals surface area contributed by atoms with Crippen molar-refractivity contribution in [3.63, 3.8) is 0 Å². The lowest BCUT2D eigenvalue weighted by molar-refractivity contribution is -0.0786. The number of halogens is 1. The summed E-state index contributed by atoms with van der Waals surface area (Å²) in [6.45, 7) is 8.08. The Balaban J connectivity index is 0.00000264. The van der Waals surface area contributed by atoms with E-state index in [4.69, 9.17) is 9.47 Å². The molecule has 23 heavy (non-hydrogen) atoms. The van der Waals surface area contributed by atoms with Gasteiger partial charge in [-0.2, -0.15) is 0 Å². The molecule has 0 bridgehead atoms. The Hall–Kier alpha value is -1.14. The van der Waals surface area contributed by atoms with Crippen LogP contribution in [0.15, 0.2) is 24.3 Å². The highest BCUT2D eigenvalue weighted by Gasteiger charge is 2.23. The van der Waals surface area contributed by atoms with Crippen LogP contribution in [0.1, 0.15) is 31.1 Å². The summed E-state index contributed by atoms with van der Waals surface area (Å²) in [5.41, 5.74) is 0.657. The number of morpholine rings is 1. The van der Waals surface area contributed by atoms with Crippen LogP contribution in [0.4, 0.5) is 0 Å². The van der Waals surface area contributed by atoms with Gasteiger partial charge in [-0.1, -0.05) is 0 Å². The summed E-state index contributed by atoms with van der Waals surface area (Å²) in [5, 5.41) is 10.1. The highest BCUT2D eigenvalue weighted by molar-refractivity contribution is 5.94.